The van der Waals surface area contributed by atoms with Gasteiger partial charge >= 0.3 is 0 Å². The number of hydrogen-bond acceptors (Lipinski definition) is 4. The van der Waals surface area contributed by atoms with Gasteiger partial charge in [-0.2, -0.15) is 0 Å². The molecule has 0 atom stereocenters. The third-order valence-corrected chi connectivity index (χ3v) is 6.36. The van der Waals surface area contributed by atoms with E-state index in [-0.39, 0.29) is 5.91 Å². The van der Waals surface area contributed by atoms with Crippen LogP contribution in [-0.4, -0.2) is 29.4 Å². The number of pyridine rings is 1. The lowest BCUT2D eigenvalue weighted by atomic mass is 9.92. The number of hydrogen-bond donors (Lipinski definition) is 0. The first-order chi connectivity index (χ1) is 15.4. The monoisotopic (exact) mass is 450 g/mol. The van der Waals surface area contributed by atoms with Crippen molar-refractivity contribution >= 4 is 17.5 Å². The van der Waals surface area contributed by atoms with Crippen molar-refractivity contribution in [3.05, 3.63) is 86.6 Å². The van der Waals surface area contributed by atoms with E-state index in [1.165, 1.54) is 0 Å². The number of carbonyl (C=O) groups is 1. The zero-order chi connectivity index (χ0) is 22.8. The molecule has 6 heteroatoms. The second kappa shape index (κ2) is 9.21. The normalized spacial score (nSPS) is 13.2. The molecule has 0 radical (unpaired) electrons. The van der Waals surface area contributed by atoms with E-state index in [2.05, 4.69) is 4.98 Å². The van der Waals surface area contributed by atoms with Crippen LogP contribution in [0, 0.1) is 20.8 Å². The second-order valence-corrected chi connectivity index (χ2v) is 8.56. The fourth-order valence-electron chi connectivity index (χ4n) is 4.21. The minimum absolute atomic E-state index is 0.0697. The number of fused-ring (bicyclic) bond motifs is 1. The summed E-state index contributed by atoms with van der Waals surface area (Å²) in [7, 11) is 1.62. The molecule has 0 bridgehead atoms. The first-order valence-electron chi connectivity index (χ1n) is 10.7. The minimum Gasteiger partial charge on any atom is -0.496 e. The Kier molecular flexibility index (Phi) is 6.38. The summed E-state index contributed by atoms with van der Waals surface area (Å²) in [5.74, 6) is 1.07. The van der Waals surface area contributed by atoms with Gasteiger partial charge in [-0.15, -0.1) is 0 Å². The summed E-state index contributed by atoms with van der Waals surface area (Å²) in [6.07, 6.45) is 0.759. The van der Waals surface area contributed by atoms with Crippen molar-refractivity contribution < 1.29 is 14.3 Å². The van der Waals surface area contributed by atoms with Crippen molar-refractivity contribution in [1.29, 1.82) is 0 Å². The molecule has 0 saturated heterocycles. The number of rotatable bonds is 6. The first kappa shape index (κ1) is 22.2. The molecule has 0 aliphatic carbocycles. The minimum atomic E-state index is -0.0697. The standard InChI is InChI=1S/C26H27ClN2O3/c1-16-12-17(2)24(27)23-20(16)10-11-29(26(23)30)14-21-22(31-4)13-18(3)28-25(21)32-15-19-8-6-5-7-9-19/h5-9,12-13H,10-11,14-15H2,1-4H3. The number of aromatic nitrogens is 1. The average Bonchev–Trinajstić information content (AvgIpc) is 2.79. The summed E-state index contributed by atoms with van der Waals surface area (Å²) in [4.78, 5) is 19.9. The summed E-state index contributed by atoms with van der Waals surface area (Å²) >= 11 is 6.57. The Bertz CT molecular complexity index is 1160. The summed E-state index contributed by atoms with van der Waals surface area (Å²) in [6.45, 7) is 7.19. The lowest BCUT2D eigenvalue weighted by molar-refractivity contribution is 0.0723. The van der Waals surface area contributed by atoms with Gasteiger partial charge in [0.15, 0.2) is 0 Å². The molecule has 1 amide bonds. The van der Waals surface area contributed by atoms with Crippen LogP contribution in [0.5, 0.6) is 11.6 Å². The van der Waals surface area contributed by atoms with Gasteiger partial charge in [0.05, 0.1) is 29.8 Å². The van der Waals surface area contributed by atoms with Crippen LogP contribution in [0.1, 0.15) is 43.9 Å². The third kappa shape index (κ3) is 4.30. The number of ether oxygens (including phenoxy) is 2. The van der Waals surface area contributed by atoms with Crippen molar-refractivity contribution in [3.63, 3.8) is 0 Å². The predicted octanol–water partition coefficient (Wildman–Crippen LogP) is 5.45. The van der Waals surface area contributed by atoms with Gasteiger partial charge < -0.3 is 14.4 Å². The molecule has 0 saturated carbocycles. The van der Waals surface area contributed by atoms with Gasteiger partial charge in [-0.1, -0.05) is 48.0 Å². The molecule has 0 fully saturated rings. The fraction of sp³-hybridized carbons (Fsp3) is 0.308. The van der Waals surface area contributed by atoms with E-state index in [1.807, 2.05) is 63.2 Å². The average molecular weight is 451 g/mol. The lowest BCUT2D eigenvalue weighted by Crippen LogP contribution is -2.38. The van der Waals surface area contributed by atoms with E-state index in [0.717, 1.165) is 39.9 Å². The largest absolute Gasteiger partial charge is 0.496 e. The summed E-state index contributed by atoms with van der Waals surface area (Å²) in [6, 6.07) is 13.8. The van der Waals surface area contributed by atoms with Gasteiger partial charge in [-0.05, 0) is 49.4 Å². The molecule has 1 aromatic heterocycles. The van der Waals surface area contributed by atoms with Crippen LogP contribution in [-0.2, 0) is 19.6 Å². The van der Waals surface area contributed by atoms with Gasteiger partial charge in [-0.25, -0.2) is 4.98 Å². The van der Waals surface area contributed by atoms with Crippen LogP contribution < -0.4 is 9.47 Å². The molecule has 0 spiro atoms. The third-order valence-electron chi connectivity index (χ3n) is 5.87. The number of aryl methyl sites for hydroxylation is 3. The molecule has 2 aromatic carbocycles. The molecule has 1 aliphatic rings. The Hall–Kier alpha value is -3.05. The number of nitrogens with zero attached hydrogens (tertiary/aromatic N) is 2. The van der Waals surface area contributed by atoms with Crippen LogP contribution in [0.4, 0.5) is 0 Å². The number of benzene rings is 2. The zero-order valence-corrected chi connectivity index (χ0v) is 19.6. The molecule has 2 heterocycles. The summed E-state index contributed by atoms with van der Waals surface area (Å²) < 4.78 is 11.7. The molecule has 3 aromatic rings. The Balaban J connectivity index is 1.66. The topological polar surface area (TPSA) is 51.7 Å². The second-order valence-electron chi connectivity index (χ2n) is 8.18. The van der Waals surface area contributed by atoms with Gasteiger partial charge in [0.2, 0.25) is 5.88 Å². The van der Waals surface area contributed by atoms with Gasteiger partial charge in [0, 0.05) is 18.3 Å². The molecular weight excluding hydrogens is 424 g/mol. The molecule has 32 heavy (non-hydrogen) atoms. The predicted molar refractivity (Wildman–Crippen MR) is 126 cm³/mol. The molecule has 166 valence electrons. The van der Waals surface area contributed by atoms with Gasteiger partial charge in [0.25, 0.3) is 5.91 Å². The molecule has 0 unspecified atom stereocenters. The van der Waals surface area contributed by atoms with Crippen LogP contribution in [0.15, 0.2) is 42.5 Å². The van der Waals surface area contributed by atoms with Crippen molar-refractivity contribution in [2.45, 2.75) is 40.3 Å². The van der Waals surface area contributed by atoms with E-state index in [9.17, 15) is 4.79 Å². The van der Waals surface area contributed by atoms with Gasteiger partial charge in [-0.3, -0.25) is 4.79 Å². The summed E-state index contributed by atoms with van der Waals surface area (Å²) in [5.41, 5.74) is 6.26. The molecule has 0 N–H and O–H groups in total. The quantitative estimate of drug-likeness (QED) is 0.501. The van der Waals surface area contributed by atoms with Crippen LogP contribution in [0.25, 0.3) is 0 Å². The maximum atomic E-state index is 13.4. The van der Waals surface area contributed by atoms with Crippen molar-refractivity contribution in [2.75, 3.05) is 13.7 Å². The molecule has 5 nitrogen and oxygen atoms in total. The van der Waals surface area contributed by atoms with E-state index in [4.69, 9.17) is 21.1 Å². The van der Waals surface area contributed by atoms with Crippen LogP contribution in [0.3, 0.4) is 0 Å². The SMILES string of the molecule is COc1cc(C)nc(OCc2ccccc2)c1CN1CCc2c(C)cc(C)c(Cl)c2C1=O. The molecule has 1 aliphatic heterocycles. The fourth-order valence-corrected chi connectivity index (χ4v) is 4.46. The number of halogens is 1. The van der Waals surface area contributed by atoms with Crippen LogP contribution in [0.2, 0.25) is 5.02 Å². The Morgan fingerprint density at radius 2 is 1.84 bits per heavy atom. The first-order valence-corrected chi connectivity index (χ1v) is 11.1. The number of carbonyl (C=O) groups excluding carboxylic acids is 1. The molecular formula is C26H27ClN2O3. The van der Waals surface area contributed by atoms with Crippen LogP contribution >= 0.6 is 11.6 Å². The van der Waals surface area contributed by atoms with Crippen molar-refractivity contribution in [1.82, 2.24) is 9.88 Å². The Morgan fingerprint density at radius 3 is 2.56 bits per heavy atom. The van der Waals surface area contributed by atoms with Crippen molar-refractivity contribution in [3.8, 4) is 11.6 Å². The van der Waals surface area contributed by atoms with E-state index >= 15 is 0 Å². The highest BCUT2D eigenvalue weighted by atomic mass is 35.5. The van der Waals surface area contributed by atoms with Gasteiger partial charge in [0.1, 0.15) is 12.4 Å². The highest BCUT2D eigenvalue weighted by Gasteiger charge is 2.30. The lowest BCUT2D eigenvalue weighted by Gasteiger charge is -2.31. The number of amides is 1. The Morgan fingerprint density at radius 1 is 1.09 bits per heavy atom. The highest BCUT2D eigenvalue weighted by Crippen LogP contribution is 2.35. The Labute approximate surface area is 193 Å². The summed E-state index contributed by atoms with van der Waals surface area (Å²) in [5, 5.41) is 0.537. The molecule has 4 rings (SSSR count). The highest BCUT2D eigenvalue weighted by molar-refractivity contribution is 6.35. The zero-order valence-electron chi connectivity index (χ0n) is 18.9. The maximum Gasteiger partial charge on any atom is 0.255 e. The van der Waals surface area contributed by atoms with E-state index < -0.39 is 0 Å². The van der Waals surface area contributed by atoms with Crippen molar-refractivity contribution in [2.24, 2.45) is 0 Å². The van der Waals surface area contributed by atoms with E-state index in [1.54, 1.807) is 12.0 Å². The maximum absolute atomic E-state index is 13.4. The number of methoxy groups -OCH3 is 1. The van der Waals surface area contributed by atoms with E-state index in [0.29, 0.717) is 41.9 Å². The smallest absolute Gasteiger partial charge is 0.255 e.